The summed E-state index contributed by atoms with van der Waals surface area (Å²) in [6, 6.07) is 17.1. The lowest BCUT2D eigenvalue weighted by Crippen LogP contribution is -2.46. The van der Waals surface area contributed by atoms with Crippen molar-refractivity contribution in [3.05, 3.63) is 82.9 Å². The molecule has 4 amide bonds. The molecule has 0 aliphatic carbocycles. The van der Waals surface area contributed by atoms with Crippen LogP contribution < -0.4 is 16.8 Å². The first kappa shape index (κ1) is 22.7. The highest BCUT2D eigenvalue weighted by atomic mass is 16.2. The van der Waals surface area contributed by atoms with Crippen LogP contribution in [-0.2, 0) is 0 Å². The molecule has 6 rings (SSSR count). The molecule has 0 unspecified atom stereocenters. The number of benzene rings is 4. The van der Waals surface area contributed by atoms with E-state index in [1.54, 1.807) is 60.7 Å². The Morgan fingerprint density at radius 3 is 1.32 bits per heavy atom. The Labute approximate surface area is 211 Å². The van der Waals surface area contributed by atoms with Crippen LogP contribution >= 0.6 is 0 Å². The molecule has 9 heteroatoms. The minimum Gasteiger partial charge on any atom is -0.398 e. The Morgan fingerprint density at radius 1 is 0.541 bits per heavy atom. The second kappa shape index (κ2) is 8.42. The first-order valence-corrected chi connectivity index (χ1v) is 11.9. The third-order valence-electron chi connectivity index (χ3n) is 7.08. The van der Waals surface area contributed by atoms with Gasteiger partial charge < -0.3 is 16.8 Å². The van der Waals surface area contributed by atoms with Crippen molar-refractivity contribution >= 4 is 56.5 Å². The maximum absolute atomic E-state index is 13.1. The monoisotopic (exact) mass is 493 g/mol. The van der Waals surface area contributed by atoms with Crippen LogP contribution in [0.25, 0.3) is 21.5 Å². The Bertz CT molecular complexity index is 1510. The standard InChI is InChI=1S/C28H23N5O4/c29-21-9-7-19-23-15(21)3-1-5-17(23)25(34)32(27(19)36)13-11-31-12-14-33-26(35)18-6-2-4-16-22(30)10-8-20(24(16)18)28(33)37/h1-10,31H,11-14,29-30H2. The van der Waals surface area contributed by atoms with Crippen LogP contribution in [0.1, 0.15) is 41.4 Å². The minimum absolute atomic E-state index is 0.140. The van der Waals surface area contributed by atoms with Crippen molar-refractivity contribution in [3.63, 3.8) is 0 Å². The van der Waals surface area contributed by atoms with Crippen molar-refractivity contribution in [2.24, 2.45) is 0 Å². The summed E-state index contributed by atoms with van der Waals surface area (Å²) in [6.07, 6.45) is 0. The van der Waals surface area contributed by atoms with Gasteiger partial charge in [0, 0.05) is 81.4 Å². The van der Waals surface area contributed by atoms with E-state index < -0.39 is 0 Å². The molecule has 0 spiro atoms. The topological polar surface area (TPSA) is 139 Å². The van der Waals surface area contributed by atoms with E-state index in [4.69, 9.17) is 11.5 Å². The van der Waals surface area contributed by atoms with Crippen LogP contribution in [0.15, 0.2) is 60.7 Å². The molecule has 5 N–H and O–H groups in total. The predicted octanol–water partition coefficient (Wildman–Crippen LogP) is 2.64. The Hall–Kier alpha value is -4.76. The molecular formula is C28H23N5O4. The molecular weight excluding hydrogens is 470 g/mol. The van der Waals surface area contributed by atoms with Gasteiger partial charge in [-0.25, -0.2) is 0 Å². The molecule has 0 aromatic heterocycles. The second-order valence-electron chi connectivity index (χ2n) is 9.13. The van der Waals surface area contributed by atoms with Crippen molar-refractivity contribution in [2.75, 3.05) is 37.6 Å². The number of carbonyl (C=O) groups is 4. The normalized spacial score (nSPS) is 14.8. The van der Waals surface area contributed by atoms with Gasteiger partial charge in [-0.15, -0.1) is 0 Å². The number of amides is 4. The van der Waals surface area contributed by atoms with Crippen LogP contribution in [0.3, 0.4) is 0 Å². The van der Waals surface area contributed by atoms with E-state index in [1.807, 2.05) is 0 Å². The van der Waals surface area contributed by atoms with Crippen molar-refractivity contribution in [1.29, 1.82) is 0 Å². The smallest absolute Gasteiger partial charge is 0.261 e. The Morgan fingerprint density at radius 2 is 0.919 bits per heavy atom. The highest BCUT2D eigenvalue weighted by molar-refractivity contribution is 6.27. The van der Waals surface area contributed by atoms with E-state index in [0.717, 1.165) is 0 Å². The third-order valence-corrected chi connectivity index (χ3v) is 7.08. The number of nitrogen functional groups attached to an aromatic ring is 2. The fourth-order valence-electron chi connectivity index (χ4n) is 5.25. The molecule has 0 saturated heterocycles. The minimum atomic E-state index is -0.374. The lowest BCUT2D eigenvalue weighted by Gasteiger charge is -2.29. The zero-order valence-electron chi connectivity index (χ0n) is 19.8. The number of imide groups is 2. The number of hydrogen-bond donors (Lipinski definition) is 3. The molecule has 0 saturated carbocycles. The lowest BCUT2D eigenvalue weighted by molar-refractivity contribution is 0.0607. The number of nitrogens with one attached hydrogen (secondary N) is 1. The molecule has 2 heterocycles. The number of anilines is 2. The zero-order valence-corrected chi connectivity index (χ0v) is 19.8. The molecule has 0 fully saturated rings. The zero-order chi connectivity index (χ0) is 25.8. The molecule has 4 aromatic rings. The van der Waals surface area contributed by atoms with E-state index in [2.05, 4.69) is 5.32 Å². The number of nitrogens with two attached hydrogens (primary N) is 2. The fourth-order valence-corrected chi connectivity index (χ4v) is 5.25. The van der Waals surface area contributed by atoms with Crippen molar-refractivity contribution in [2.45, 2.75) is 0 Å². The van der Waals surface area contributed by atoms with Crippen molar-refractivity contribution < 1.29 is 19.2 Å². The molecule has 37 heavy (non-hydrogen) atoms. The number of nitrogens with zero attached hydrogens (tertiary/aromatic N) is 2. The van der Waals surface area contributed by atoms with Gasteiger partial charge in [0.15, 0.2) is 0 Å². The van der Waals surface area contributed by atoms with Gasteiger partial charge in [0.25, 0.3) is 23.6 Å². The summed E-state index contributed by atoms with van der Waals surface area (Å²) in [4.78, 5) is 54.7. The molecule has 0 radical (unpaired) electrons. The highest BCUT2D eigenvalue weighted by Crippen LogP contribution is 2.34. The number of carbonyl (C=O) groups excluding carboxylic acids is 4. The third kappa shape index (κ3) is 3.35. The van der Waals surface area contributed by atoms with Gasteiger partial charge in [-0.1, -0.05) is 24.3 Å². The van der Waals surface area contributed by atoms with Gasteiger partial charge in [0.05, 0.1) is 0 Å². The predicted molar refractivity (Wildman–Crippen MR) is 140 cm³/mol. The van der Waals surface area contributed by atoms with Crippen LogP contribution in [0, 0.1) is 0 Å². The molecule has 4 aromatic carbocycles. The Kier molecular flexibility index (Phi) is 5.16. The molecule has 2 aliphatic rings. The first-order chi connectivity index (χ1) is 17.9. The summed E-state index contributed by atoms with van der Waals surface area (Å²) >= 11 is 0. The fraction of sp³-hybridized carbons (Fsp3) is 0.143. The largest absolute Gasteiger partial charge is 0.398 e. The quantitative estimate of drug-likeness (QED) is 0.213. The second-order valence-corrected chi connectivity index (χ2v) is 9.13. The first-order valence-electron chi connectivity index (χ1n) is 11.9. The van der Waals surface area contributed by atoms with Gasteiger partial charge in [-0.3, -0.25) is 29.0 Å². The van der Waals surface area contributed by atoms with Gasteiger partial charge in [-0.2, -0.15) is 0 Å². The average Bonchev–Trinajstić information content (AvgIpc) is 2.90. The summed E-state index contributed by atoms with van der Waals surface area (Å²) in [7, 11) is 0. The molecule has 0 bridgehead atoms. The molecule has 9 nitrogen and oxygen atoms in total. The van der Waals surface area contributed by atoms with Gasteiger partial charge in [0.2, 0.25) is 0 Å². The van der Waals surface area contributed by atoms with Crippen molar-refractivity contribution in [3.8, 4) is 0 Å². The van der Waals surface area contributed by atoms with Crippen LogP contribution in [-0.4, -0.2) is 59.6 Å². The molecule has 2 aliphatic heterocycles. The van der Waals surface area contributed by atoms with Crippen LogP contribution in [0.4, 0.5) is 11.4 Å². The SMILES string of the molecule is Nc1ccc2c3c(cccc13)C(=O)N(CCNCCN1C(=O)c3cccc4c(N)ccc(c34)C1=O)C2=O. The highest BCUT2D eigenvalue weighted by Gasteiger charge is 2.34. The average molecular weight is 494 g/mol. The maximum atomic E-state index is 13.1. The van der Waals surface area contributed by atoms with Gasteiger partial charge >= 0.3 is 0 Å². The number of rotatable bonds is 6. The lowest BCUT2D eigenvalue weighted by atomic mass is 9.93. The van der Waals surface area contributed by atoms with Gasteiger partial charge in [-0.05, 0) is 36.4 Å². The molecule has 0 atom stereocenters. The number of hydrogen-bond acceptors (Lipinski definition) is 7. The van der Waals surface area contributed by atoms with E-state index in [9.17, 15) is 19.2 Å². The van der Waals surface area contributed by atoms with E-state index in [-0.39, 0.29) is 36.7 Å². The summed E-state index contributed by atoms with van der Waals surface area (Å²) < 4.78 is 0. The summed E-state index contributed by atoms with van der Waals surface area (Å²) in [5, 5.41) is 5.68. The van der Waals surface area contributed by atoms with Crippen molar-refractivity contribution in [1.82, 2.24) is 15.1 Å². The Balaban J connectivity index is 1.13. The summed E-state index contributed by atoms with van der Waals surface area (Å²) in [5.74, 6) is -1.50. The van der Waals surface area contributed by atoms with E-state index >= 15 is 0 Å². The summed E-state index contributed by atoms with van der Waals surface area (Å²) in [6.45, 7) is 0.885. The summed E-state index contributed by atoms with van der Waals surface area (Å²) in [5.41, 5.74) is 14.9. The molecule has 184 valence electrons. The maximum Gasteiger partial charge on any atom is 0.261 e. The van der Waals surface area contributed by atoms with E-state index in [1.165, 1.54) is 9.80 Å². The van der Waals surface area contributed by atoms with E-state index in [0.29, 0.717) is 68.3 Å². The van der Waals surface area contributed by atoms with Crippen LogP contribution in [0.5, 0.6) is 0 Å². The van der Waals surface area contributed by atoms with Crippen LogP contribution in [0.2, 0.25) is 0 Å². The van der Waals surface area contributed by atoms with Gasteiger partial charge in [0.1, 0.15) is 0 Å².